The molecule has 0 bridgehead atoms. The Kier molecular flexibility index (Phi) is 4.14. The Morgan fingerprint density at radius 2 is 2.05 bits per heavy atom. The van der Waals surface area contributed by atoms with Gasteiger partial charge in [0, 0.05) is 29.7 Å². The van der Waals surface area contributed by atoms with Gasteiger partial charge in [0.1, 0.15) is 12.0 Å². The fourth-order valence-corrected chi connectivity index (χ4v) is 3.12. The Balaban J connectivity index is 1.58. The van der Waals surface area contributed by atoms with Crippen molar-refractivity contribution in [1.82, 2.24) is 10.9 Å². The molecule has 2 N–H and O–H groups in total. The number of benzene rings is 1. The van der Waals surface area contributed by atoms with Crippen molar-refractivity contribution in [1.29, 1.82) is 0 Å². The molecule has 1 aliphatic carbocycles. The minimum Gasteiger partial charge on any atom is -0.357 e. The molecule has 3 rings (SSSR count). The zero-order valence-electron chi connectivity index (χ0n) is 11.5. The predicted molar refractivity (Wildman–Crippen MR) is 73.2 cm³/mol. The van der Waals surface area contributed by atoms with Gasteiger partial charge in [-0.1, -0.05) is 12.1 Å². The van der Waals surface area contributed by atoms with E-state index in [1.54, 1.807) is 12.1 Å². The van der Waals surface area contributed by atoms with Crippen molar-refractivity contribution in [3.8, 4) is 0 Å². The summed E-state index contributed by atoms with van der Waals surface area (Å²) in [5.74, 6) is -0.185. The zero-order valence-corrected chi connectivity index (χ0v) is 11.5. The molecule has 2 aliphatic rings. The van der Waals surface area contributed by atoms with Gasteiger partial charge in [-0.05, 0) is 24.1 Å². The summed E-state index contributed by atoms with van der Waals surface area (Å²) >= 11 is 0. The summed E-state index contributed by atoms with van der Waals surface area (Å²) in [4.78, 5) is 10.8. The molecule has 4 unspecified atom stereocenters. The third-order valence-corrected chi connectivity index (χ3v) is 4.31. The fraction of sp³-hybridized carbons (Fsp3) is 0.571. The van der Waals surface area contributed by atoms with Crippen LogP contribution < -0.4 is 10.9 Å². The van der Waals surface area contributed by atoms with E-state index in [2.05, 4.69) is 10.9 Å². The highest BCUT2D eigenvalue weighted by Gasteiger charge is 2.44. The van der Waals surface area contributed by atoms with Crippen LogP contribution in [0.3, 0.4) is 0 Å². The molecule has 1 heterocycles. The lowest BCUT2D eigenvalue weighted by atomic mass is 9.82. The maximum absolute atomic E-state index is 12.8. The molecule has 2 fully saturated rings. The number of ether oxygens (including phenoxy) is 1. The van der Waals surface area contributed by atoms with Gasteiger partial charge in [0.05, 0.1) is 6.61 Å². The predicted octanol–water partition coefficient (Wildman–Crippen LogP) is 1.59. The van der Waals surface area contributed by atoms with Crippen LogP contribution >= 0.6 is 0 Å². The van der Waals surface area contributed by atoms with Gasteiger partial charge in [-0.15, -0.1) is 0 Å². The van der Waals surface area contributed by atoms with E-state index in [1.807, 2.05) is 0 Å². The highest BCUT2D eigenvalue weighted by Crippen LogP contribution is 2.32. The van der Waals surface area contributed by atoms with E-state index in [-0.39, 0.29) is 28.9 Å². The maximum Gasteiger partial charge on any atom is 0.213 e. The third-order valence-electron chi connectivity index (χ3n) is 4.31. The molecule has 1 saturated carbocycles. The topological polar surface area (TPSA) is 76.4 Å². The molecule has 4 atom stereocenters. The Morgan fingerprint density at radius 3 is 2.76 bits per heavy atom. The van der Waals surface area contributed by atoms with Crippen LogP contribution in [0.5, 0.6) is 0 Å². The van der Waals surface area contributed by atoms with Gasteiger partial charge in [-0.3, -0.25) is 15.5 Å². The number of halogens is 1. The number of nitrogens with one attached hydrogen (secondary N) is 2. The van der Waals surface area contributed by atoms with E-state index in [0.29, 0.717) is 19.4 Å². The second-order valence-corrected chi connectivity index (χ2v) is 5.67. The molecular weight excluding hydrogens is 277 g/mol. The number of fused-ring (bicyclic) bond motifs is 1. The molecule has 0 aromatic heterocycles. The standard InChI is InChI=1S/C14H18FN3O3/c15-10-3-1-9(2-4-10)8-21-14-12-7-11(18(19)20)5-6-13(12)16-17-14/h1-4,11-14,16-17H,5-8H2. The summed E-state index contributed by atoms with van der Waals surface area (Å²) in [7, 11) is 0. The smallest absolute Gasteiger partial charge is 0.213 e. The monoisotopic (exact) mass is 295 g/mol. The van der Waals surface area contributed by atoms with Crippen molar-refractivity contribution in [2.24, 2.45) is 5.92 Å². The van der Waals surface area contributed by atoms with Crippen LogP contribution in [0, 0.1) is 21.8 Å². The molecule has 1 aliphatic heterocycles. The largest absolute Gasteiger partial charge is 0.357 e. The lowest BCUT2D eigenvalue weighted by Gasteiger charge is -2.28. The first-order valence-corrected chi connectivity index (χ1v) is 7.14. The molecule has 0 amide bonds. The van der Waals surface area contributed by atoms with Gasteiger partial charge < -0.3 is 4.74 Å². The van der Waals surface area contributed by atoms with Crippen molar-refractivity contribution < 1.29 is 14.1 Å². The second kappa shape index (κ2) is 6.05. The molecule has 1 saturated heterocycles. The summed E-state index contributed by atoms with van der Waals surface area (Å²) < 4.78 is 18.6. The first kappa shape index (κ1) is 14.4. The van der Waals surface area contributed by atoms with Crippen LogP contribution in [-0.4, -0.2) is 23.2 Å². The summed E-state index contributed by atoms with van der Waals surface area (Å²) in [5.41, 5.74) is 7.10. The van der Waals surface area contributed by atoms with Crippen molar-refractivity contribution in [3.05, 3.63) is 45.8 Å². The average Bonchev–Trinajstić information content (AvgIpc) is 2.89. The first-order valence-electron chi connectivity index (χ1n) is 7.14. The highest BCUT2D eigenvalue weighted by atomic mass is 19.1. The molecule has 0 spiro atoms. The van der Waals surface area contributed by atoms with Gasteiger partial charge in [-0.25, -0.2) is 9.82 Å². The molecule has 1 aromatic carbocycles. The molecule has 21 heavy (non-hydrogen) atoms. The number of nitro groups is 1. The van der Waals surface area contributed by atoms with Crippen LogP contribution in [0.4, 0.5) is 4.39 Å². The van der Waals surface area contributed by atoms with Gasteiger partial charge in [0.2, 0.25) is 6.04 Å². The number of hydrogen-bond acceptors (Lipinski definition) is 5. The Morgan fingerprint density at radius 1 is 1.29 bits per heavy atom. The van der Waals surface area contributed by atoms with E-state index >= 15 is 0 Å². The number of nitrogens with zero attached hydrogens (tertiary/aromatic N) is 1. The Hall–Kier alpha value is -1.57. The van der Waals surface area contributed by atoms with Crippen molar-refractivity contribution in [2.75, 3.05) is 0 Å². The van der Waals surface area contributed by atoms with Crippen LogP contribution in [-0.2, 0) is 11.3 Å². The van der Waals surface area contributed by atoms with E-state index in [0.717, 1.165) is 12.0 Å². The highest BCUT2D eigenvalue weighted by molar-refractivity contribution is 5.15. The van der Waals surface area contributed by atoms with E-state index in [9.17, 15) is 14.5 Å². The molecule has 1 aromatic rings. The first-order chi connectivity index (χ1) is 10.1. The summed E-state index contributed by atoms with van der Waals surface area (Å²) in [6.45, 7) is 0.353. The van der Waals surface area contributed by atoms with Gasteiger partial charge in [-0.2, -0.15) is 0 Å². The van der Waals surface area contributed by atoms with Gasteiger partial charge in [0.15, 0.2) is 0 Å². The normalized spacial score (nSPS) is 31.9. The maximum atomic E-state index is 12.8. The molecule has 0 radical (unpaired) electrons. The molecule has 114 valence electrons. The van der Waals surface area contributed by atoms with Gasteiger partial charge in [0.25, 0.3) is 0 Å². The number of rotatable bonds is 4. The van der Waals surface area contributed by atoms with Crippen molar-refractivity contribution in [3.63, 3.8) is 0 Å². The van der Waals surface area contributed by atoms with Crippen LogP contribution in [0.1, 0.15) is 24.8 Å². The number of hydrogen-bond donors (Lipinski definition) is 2. The summed E-state index contributed by atoms with van der Waals surface area (Å²) in [6.07, 6.45) is 1.65. The molecule has 7 heteroatoms. The third kappa shape index (κ3) is 3.20. The molecular formula is C14H18FN3O3. The zero-order chi connectivity index (χ0) is 14.8. The van der Waals surface area contributed by atoms with Crippen LogP contribution in [0.25, 0.3) is 0 Å². The molecule has 6 nitrogen and oxygen atoms in total. The number of hydrazine groups is 1. The lowest BCUT2D eigenvalue weighted by molar-refractivity contribution is -0.528. The van der Waals surface area contributed by atoms with Crippen molar-refractivity contribution in [2.45, 2.75) is 44.2 Å². The van der Waals surface area contributed by atoms with E-state index in [4.69, 9.17) is 4.74 Å². The Labute approximate surface area is 121 Å². The van der Waals surface area contributed by atoms with Crippen LogP contribution in [0.15, 0.2) is 24.3 Å². The van der Waals surface area contributed by atoms with Crippen LogP contribution in [0.2, 0.25) is 0 Å². The average molecular weight is 295 g/mol. The van der Waals surface area contributed by atoms with Gasteiger partial charge >= 0.3 is 0 Å². The Bertz CT molecular complexity index is 511. The lowest BCUT2D eigenvalue weighted by Crippen LogP contribution is -2.40. The fourth-order valence-electron chi connectivity index (χ4n) is 3.12. The second-order valence-electron chi connectivity index (χ2n) is 5.67. The summed E-state index contributed by atoms with van der Waals surface area (Å²) in [6, 6.07) is 5.88. The van der Waals surface area contributed by atoms with Crippen molar-refractivity contribution >= 4 is 0 Å². The minimum atomic E-state index is -0.482. The SMILES string of the molecule is O=[N+]([O-])C1CCC2NNC(OCc3ccc(F)cc3)C2C1. The van der Waals surface area contributed by atoms with E-state index < -0.39 is 6.04 Å². The minimum absolute atomic E-state index is 0.0922. The van der Waals surface area contributed by atoms with E-state index in [1.165, 1.54) is 12.1 Å². The quantitative estimate of drug-likeness (QED) is 0.651. The summed E-state index contributed by atoms with van der Waals surface area (Å²) in [5, 5.41) is 10.9.